The Bertz CT molecular complexity index is 621. The maximum atomic E-state index is 11.5. The van der Waals surface area contributed by atoms with Crippen LogP contribution in [0.2, 0.25) is 0 Å². The Kier molecular flexibility index (Phi) is 4.44. The number of nitrogens with one attached hydrogen (secondary N) is 1. The van der Waals surface area contributed by atoms with Gasteiger partial charge in [0.25, 0.3) is 0 Å². The molecule has 1 heterocycles. The van der Waals surface area contributed by atoms with E-state index in [1.807, 2.05) is 31.2 Å². The third-order valence-corrected chi connectivity index (χ3v) is 2.69. The summed E-state index contributed by atoms with van der Waals surface area (Å²) in [5.74, 6) is 0.311. The number of hydrazone groups is 1. The molecule has 0 spiro atoms. The van der Waals surface area contributed by atoms with Gasteiger partial charge in [-0.3, -0.25) is 5.43 Å². The molecule has 0 fully saturated rings. The molecule has 0 unspecified atom stereocenters. The molecule has 0 saturated carbocycles. The van der Waals surface area contributed by atoms with E-state index in [0.29, 0.717) is 11.4 Å². The zero-order valence-corrected chi connectivity index (χ0v) is 11.3. The molecular formula is C15H15N3O2. The Morgan fingerprint density at radius 2 is 2.15 bits per heavy atom. The van der Waals surface area contributed by atoms with Gasteiger partial charge in [0.2, 0.25) is 0 Å². The fourth-order valence-electron chi connectivity index (χ4n) is 1.71. The van der Waals surface area contributed by atoms with Crippen molar-refractivity contribution in [3.63, 3.8) is 0 Å². The topological polar surface area (TPSA) is 63.6 Å². The number of methoxy groups -OCH3 is 1. The molecule has 1 aromatic carbocycles. The molecule has 102 valence electrons. The van der Waals surface area contributed by atoms with Gasteiger partial charge in [0.05, 0.1) is 12.7 Å². The van der Waals surface area contributed by atoms with Gasteiger partial charge in [0.15, 0.2) is 0 Å². The van der Waals surface area contributed by atoms with Crippen LogP contribution < -0.4 is 5.43 Å². The number of carbonyl (C=O) groups is 1. The number of carbonyl (C=O) groups excluding carboxylic acids is 1. The van der Waals surface area contributed by atoms with Gasteiger partial charge in [0.1, 0.15) is 5.82 Å². The molecule has 0 radical (unpaired) electrons. The highest BCUT2D eigenvalue weighted by Crippen LogP contribution is 2.21. The highest BCUT2D eigenvalue weighted by Gasteiger charge is 2.06. The van der Waals surface area contributed by atoms with Crippen LogP contribution in [0.25, 0.3) is 11.1 Å². The summed E-state index contributed by atoms with van der Waals surface area (Å²) in [6.07, 6.45) is 3.37. The number of hydrogen-bond donors (Lipinski definition) is 1. The molecule has 20 heavy (non-hydrogen) atoms. The quantitative estimate of drug-likeness (QED) is 0.526. The summed E-state index contributed by atoms with van der Waals surface area (Å²) < 4.78 is 4.71. The van der Waals surface area contributed by atoms with Gasteiger partial charge >= 0.3 is 5.97 Å². The fraction of sp³-hybridized carbons (Fsp3) is 0.133. The van der Waals surface area contributed by atoms with Gasteiger partial charge < -0.3 is 4.74 Å². The van der Waals surface area contributed by atoms with E-state index in [-0.39, 0.29) is 5.97 Å². The summed E-state index contributed by atoms with van der Waals surface area (Å²) in [6.45, 7) is 1.82. The standard InChI is InChI=1S/C15H15N3O2/c1-3-17-18-14-8-7-13(10-16-14)11-5-4-6-12(9-11)15(19)20-2/h3-10H,1-2H3,(H,16,18)/b17-3+. The second-order valence-electron chi connectivity index (χ2n) is 4.00. The zero-order valence-electron chi connectivity index (χ0n) is 11.3. The van der Waals surface area contributed by atoms with E-state index in [9.17, 15) is 4.79 Å². The molecule has 5 heteroatoms. The Morgan fingerprint density at radius 3 is 2.80 bits per heavy atom. The number of ether oxygens (including phenoxy) is 1. The van der Waals surface area contributed by atoms with Crippen LogP contribution in [0.4, 0.5) is 5.82 Å². The van der Waals surface area contributed by atoms with E-state index in [4.69, 9.17) is 4.74 Å². The average Bonchev–Trinajstić information content (AvgIpc) is 2.52. The third kappa shape index (κ3) is 3.20. The van der Waals surface area contributed by atoms with Crippen LogP contribution in [0.3, 0.4) is 0 Å². The summed E-state index contributed by atoms with van der Waals surface area (Å²) in [5.41, 5.74) is 5.14. The SMILES string of the molecule is C/C=N/Nc1ccc(-c2cccc(C(=O)OC)c2)cn1. The smallest absolute Gasteiger partial charge is 0.337 e. The van der Waals surface area contributed by atoms with Crippen LogP contribution in [-0.4, -0.2) is 24.3 Å². The first kappa shape index (κ1) is 13.7. The van der Waals surface area contributed by atoms with Gasteiger partial charge in [-0.1, -0.05) is 12.1 Å². The second-order valence-corrected chi connectivity index (χ2v) is 4.00. The lowest BCUT2D eigenvalue weighted by atomic mass is 10.0. The van der Waals surface area contributed by atoms with E-state index in [0.717, 1.165) is 11.1 Å². The van der Waals surface area contributed by atoms with Gasteiger partial charge in [-0.2, -0.15) is 5.10 Å². The molecule has 0 amide bonds. The van der Waals surface area contributed by atoms with Crippen molar-refractivity contribution in [2.75, 3.05) is 12.5 Å². The van der Waals surface area contributed by atoms with Gasteiger partial charge in [-0.15, -0.1) is 0 Å². The van der Waals surface area contributed by atoms with E-state index in [2.05, 4.69) is 15.5 Å². The summed E-state index contributed by atoms with van der Waals surface area (Å²) in [4.78, 5) is 15.8. The minimum atomic E-state index is -0.352. The highest BCUT2D eigenvalue weighted by atomic mass is 16.5. The first-order valence-electron chi connectivity index (χ1n) is 6.13. The lowest BCUT2D eigenvalue weighted by molar-refractivity contribution is 0.0601. The molecule has 0 atom stereocenters. The Balaban J connectivity index is 2.25. The number of benzene rings is 1. The fourth-order valence-corrected chi connectivity index (χ4v) is 1.71. The number of anilines is 1. The third-order valence-electron chi connectivity index (χ3n) is 2.69. The van der Waals surface area contributed by atoms with Crippen LogP contribution in [0.1, 0.15) is 17.3 Å². The number of rotatable bonds is 4. The minimum Gasteiger partial charge on any atom is -0.465 e. The lowest BCUT2D eigenvalue weighted by Crippen LogP contribution is -2.00. The number of hydrogen-bond acceptors (Lipinski definition) is 5. The maximum absolute atomic E-state index is 11.5. The van der Waals surface area contributed by atoms with Crippen LogP contribution in [0.5, 0.6) is 0 Å². The molecule has 0 aliphatic heterocycles. The molecule has 0 aliphatic rings. The molecule has 0 aliphatic carbocycles. The molecule has 2 rings (SSSR count). The van der Waals surface area contributed by atoms with Gasteiger partial charge in [0, 0.05) is 18.0 Å². The van der Waals surface area contributed by atoms with Crippen molar-refractivity contribution >= 4 is 18.0 Å². The zero-order chi connectivity index (χ0) is 14.4. The van der Waals surface area contributed by atoms with Crippen molar-refractivity contribution < 1.29 is 9.53 Å². The molecule has 0 bridgehead atoms. The molecule has 2 aromatic rings. The monoisotopic (exact) mass is 269 g/mol. The first-order chi connectivity index (χ1) is 9.74. The van der Waals surface area contributed by atoms with Crippen LogP contribution in [-0.2, 0) is 4.74 Å². The summed E-state index contributed by atoms with van der Waals surface area (Å²) >= 11 is 0. The molecule has 5 nitrogen and oxygen atoms in total. The number of nitrogens with zero attached hydrogens (tertiary/aromatic N) is 2. The molecule has 0 saturated heterocycles. The second kappa shape index (κ2) is 6.47. The number of aromatic nitrogens is 1. The predicted octanol–water partition coefficient (Wildman–Crippen LogP) is 2.95. The molecular weight excluding hydrogens is 254 g/mol. The molecule has 1 aromatic heterocycles. The van der Waals surface area contributed by atoms with Crippen LogP contribution >= 0.6 is 0 Å². The number of pyridine rings is 1. The van der Waals surface area contributed by atoms with E-state index >= 15 is 0 Å². The average molecular weight is 269 g/mol. The highest BCUT2D eigenvalue weighted by molar-refractivity contribution is 5.90. The van der Waals surface area contributed by atoms with E-state index in [1.165, 1.54) is 7.11 Å². The summed E-state index contributed by atoms with van der Waals surface area (Å²) in [7, 11) is 1.37. The van der Waals surface area contributed by atoms with Crippen LogP contribution in [0, 0.1) is 0 Å². The lowest BCUT2D eigenvalue weighted by Gasteiger charge is -2.05. The van der Waals surface area contributed by atoms with Crippen molar-refractivity contribution in [1.82, 2.24) is 4.98 Å². The predicted molar refractivity (Wildman–Crippen MR) is 78.8 cm³/mol. The Labute approximate surface area is 117 Å². The van der Waals surface area contributed by atoms with Crippen molar-refractivity contribution in [3.8, 4) is 11.1 Å². The summed E-state index contributed by atoms with van der Waals surface area (Å²) in [6, 6.07) is 11.0. The summed E-state index contributed by atoms with van der Waals surface area (Å²) in [5, 5.41) is 3.89. The molecule has 1 N–H and O–H groups in total. The van der Waals surface area contributed by atoms with Crippen molar-refractivity contribution in [3.05, 3.63) is 48.2 Å². The Morgan fingerprint density at radius 1 is 1.30 bits per heavy atom. The maximum Gasteiger partial charge on any atom is 0.337 e. The first-order valence-corrected chi connectivity index (χ1v) is 6.13. The van der Waals surface area contributed by atoms with Crippen molar-refractivity contribution in [2.45, 2.75) is 6.92 Å². The van der Waals surface area contributed by atoms with E-state index < -0.39 is 0 Å². The van der Waals surface area contributed by atoms with Crippen LogP contribution in [0.15, 0.2) is 47.7 Å². The normalized spacial score (nSPS) is 10.5. The Hall–Kier alpha value is -2.69. The van der Waals surface area contributed by atoms with E-state index in [1.54, 1.807) is 24.5 Å². The largest absolute Gasteiger partial charge is 0.465 e. The minimum absolute atomic E-state index is 0.352. The number of esters is 1. The van der Waals surface area contributed by atoms with Gasteiger partial charge in [-0.05, 0) is 36.8 Å². The van der Waals surface area contributed by atoms with Crippen molar-refractivity contribution in [2.24, 2.45) is 5.10 Å². The van der Waals surface area contributed by atoms with Crippen molar-refractivity contribution in [1.29, 1.82) is 0 Å². The van der Waals surface area contributed by atoms with Gasteiger partial charge in [-0.25, -0.2) is 9.78 Å².